The van der Waals surface area contributed by atoms with Crippen LogP contribution in [0.25, 0.3) is 33.7 Å². The normalized spacial score (nSPS) is 14.3. The third-order valence-electron chi connectivity index (χ3n) is 6.31. The van der Waals surface area contributed by atoms with E-state index in [1.54, 1.807) is 25.1 Å². The van der Waals surface area contributed by atoms with Crippen molar-refractivity contribution in [3.63, 3.8) is 0 Å². The number of nitrogens with two attached hydrogens (primary N) is 1. The van der Waals surface area contributed by atoms with Gasteiger partial charge in [-0.05, 0) is 31.9 Å². The number of nitriles is 1. The summed E-state index contributed by atoms with van der Waals surface area (Å²) in [6.45, 7) is 2.80. The second kappa shape index (κ2) is 8.52. The molecule has 170 valence electrons. The Kier molecular flexibility index (Phi) is 5.38. The summed E-state index contributed by atoms with van der Waals surface area (Å²) in [7, 11) is 0. The second-order valence-corrected chi connectivity index (χ2v) is 8.38. The number of piperidine rings is 1. The van der Waals surface area contributed by atoms with E-state index in [1.807, 2.05) is 35.2 Å². The first-order valence-electron chi connectivity index (χ1n) is 11.1. The number of rotatable bonds is 4. The van der Waals surface area contributed by atoms with Gasteiger partial charge in [-0.25, -0.2) is 0 Å². The molecule has 1 aliphatic heterocycles. The Bertz CT molecular complexity index is 1490. The molecule has 4 aromatic rings. The van der Waals surface area contributed by atoms with Crippen LogP contribution < -0.4 is 16.1 Å². The molecule has 1 amide bonds. The van der Waals surface area contributed by atoms with Crippen LogP contribution in [0.3, 0.4) is 0 Å². The number of hydrogen-bond donors (Lipinski definition) is 1. The molecule has 0 radical (unpaired) electrons. The smallest absolute Gasteiger partial charge is 0.235 e. The number of fused-ring (bicyclic) bond motifs is 1. The quantitative estimate of drug-likeness (QED) is 0.494. The highest BCUT2D eigenvalue weighted by molar-refractivity contribution is 5.91. The lowest BCUT2D eigenvalue weighted by molar-refractivity contribution is -0.122. The predicted molar refractivity (Wildman–Crippen MR) is 127 cm³/mol. The minimum atomic E-state index is -0.311. The van der Waals surface area contributed by atoms with Gasteiger partial charge in [0.1, 0.15) is 11.8 Å². The van der Waals surface area contributed by atoms with Gasteiger partial charge < -0.3 is 19.5 Å². The van der Waals surface area contributed by atoms with Gasteiger partial charge in [-0.15, -0.1) is 0 Å². The molecule has 1 aliphatic rings. The highest BCUT2D eigenvalue weighted by Gasteiger charge is 2.28. The number of anilines is 1. The van der Waals surface area contributed by atoms with Gasteiger partial charge in [0, 0.05) is 30.1 Å². The molecule has 0 unspecified atom stereocenters. The van der Waals surface area contributed by atoms with Gasteiger partial charge >= 0.3 is 0 Å². The molecule has 0 atom stereocenters. The van der Waals surface area contributed by atoms with Crippen LogP contribution in [-0.2, 0) is 4.79 Å². The molecule has 2 N–H and O–H groups in total. The van der Waals surface area contributed by atoms with Gasteiger partial charge in [-0.1, -0.05) is 36.4 Å². The molecule has 5 rings (SSSR count). The van der Waals surface area contributed by atoms with E-state index in [2.05, 4.69) is 11.1 Å². The van der Waals surface area contributed by atoms with E-state index >= 15 is 0 Å². The van der Waals surface area contributed by atoms with Crippen LogP contribution >= 0.6 is 0 Å². The molecule has 34 heavy (non-hydrogen) atoms. The summed E-state index contributed by atoms with van der Waals surface area (Å²) in [5.41, 5.74) is 7.58. The summed E-state index contributed by atoms with van der Waals surface area (Å²) in [6.07, 6.45) is 1.16. The van der Waals surface area contributed by atoms with Crippen molar-refractivity contribution in [2.45, 2.75) is 19.8 Å². The van der Waals surface area contributed by atoms with E-state index in [0.717, 1.165) is 5.56 Å². The molecule has 1 saturated heterocycles. The number of carbonyl (C=O) groups excluding carboxylic acids is 1. The van der Waals surface area contributed by atoms with Crippen LogP contribution in [0.1, 0.15) is 24.1 Å². The summed E-state index contributed by atoms with van der Waals surface area (Å²) in [4.78, 5) is 31.0. The van der Waals surface area contributed by atoms with Crippen molar-refractivity contribution in [1.82, 2.24) is 4.98 Å². The molecular weight excluding hydrogens is 432 g/mol. The largest absolute Gasteiger partial charge is 0.455 e. The van der Waals surface area contributed by atoms with Crippen molar-refractivity contribution < 1.29 is 13.6 Å². The SMILES string of the molecule is Cc1c(-c2ccccc2)oc2c(-c3nc(C#N)c(N4CCC(C(N)=O)CC4)o3)cccc2c1=O. The Balaban J connectivity index is 1.62. The minimum absolute atomic E-state index is 0.136. The monoisotopic (exact) mass is 454 g/mol. The molecule has 0 saturated carbocycles. The maximum absolute atomic E-state index is 13.2. The number of para-hydroxylation sites is 1. The van der Waals surface area contributed by atoms with Crippen LogP contribution in [0.15, 0.2) is 62.2 Å². The Labute approximate surface area is 195 Å². The average Bonchev–Trinajstić information content (AvgIpc) is 3.31. The number of aromatic nitrogens is 1. The number of oxazole rings is 1. The first-order valence-corrected chi connectivity index (χ1v) is 11.1. The van der Waals surface area contributed by atoms with Crippen molar-refractivity contribution in [2.75, 3.05) is 18.0 Å². The van der Waals surface area contributed by atoms with Crippen molar-refractivity contribution in [2.24, 2.45) is 11.7 Å². The Hall–Kier alpha value is -4.38. The standard InChI is InChI=1S/C26H22N4O4/c1-15-21(31)18-8-5-9-19(23(18)33-22(15)16-6-3-2-4-7-16)25-29-20(14-27)26(34-25)30-12-10-17(11-13-30)24(28)32/h2-9,17H,10-13H2,1H3,(H2,28,32). The van der Waals surface area contributed by atoms with Crippen molar-refractivity contribution in [3.8, 4) is 28.8 Å². The first-order chi connectivity index (χ1) is 16.5. The summed E-state index contributed by atoms with van der Waals surface area (Å²) in [6, 6.07) is 16.7. The van der Waals surface area contributed by atoms with Gasteiger partial charge in [0.05, 0.1) is 10.9 Å². The van der Waals surface area contributed by atoms with Crippen molar-refractivity contribution in [3.05, 3.63) is 70.0 Å². The van der Waals surface area contributed by atoms with Crippen LogP contribution in [0.5, 0.6) is 0 Å². The van der Waals surface area contributed by atoms with E-state index in [0.29, 0.717) is 59.7 Å². The highest BCUT2D eigenvalue weighted by atomic mass is 16.4. The summed E-state index contributed by atoms with van der Waals surface area (Å²) in [5.74, 6) is 0.520. The van der Waals surface area contributed by atoms with Gasteiger partial charge in [0.15, 0.2) is 11.0 Å². The number of primary amides is 1. The van der Waals surface area contributed by atoms with Gasteiger partial charge in [-0.2, -0.15) is 10.2 Å². The van der Waals surface area contributed by atoms with E-state index in [4.69, 9.17) is 14.6 Å². The summed E-state index contributed by atoms with van der Waals surface area (Å²) in [5, 5.41) is 10.1. The lowest BCUT2D eigenvalue weighted by Gasteiger charge is -2.30. The fraction of sp³-hybridized carbons (Fsp3) is 0.231. The number of benzene rings is 2. The zero-order valence-electron chi connectivity index (χ0n) is 18.6. The zero-order valence-corrected chi connectivity index (χ0v) is 18.6. The molecular formula is C26H22N4O4. The van der Waals surface area contributed by atoms with E-state index < -0.39 is 0 Å². The van der Waals surface area contributed by atoms with E-state index in [1.165, 1.54) is 0 Å². The predicted octanol–water partition coefficient (Wildman–Crippen LogP) is 4.00. The Morgan fingerprint density at radius 3 is 2.53 bits per heavy atom. The van der Waals surface area contributed by atoms with Crippen LogP contribution in [0, 0.1) is 24.2 Å². The van der Waals surface area contributed by atoms with E-state index in [-0.39, 0.29) is 28.8 Å². The van der Waals surface area contributed by atoms with Gasteiger partial charge in [0.25, 0.3) is 0 Å². The molecule has 8 heteroatoms. The first kappa shape index (κ1) is 21.5. The topological polar surface area (TPSA) is 126 Å². The Morgan fingerprint density at radius 2 is 1.85 bits per heavy atom. The van der Waals surface area contributed by atoms with Crippen LogP contribution in [0.2, 0.25) is 0 Å². The maximum atomic E-state index is 13.2. The van der Waals surface area contributed by atoms with Gasteiger partial charge in [-0.3, -0.25) is 9.59 Å². The molecule has 3 heterocycles. The fourth-order valence-corrected chi connectivity index (χ4v) is 4.42. The molecule has 0 spiro atoms. The van der Waals surface area contributed by atoms with Crippen molar-refractivity contribution >= 4 is 22.8 Å². The van der Waals surface area contributed by atoms with Crippen LogP contribution in [-0.4, -0.2) is 24.0 Å². The number of carbonyl (C=O) groups is 1. The lowest BCUT2D eigenvalue weighted by atomic mass is 9.96. The molecule has 8 nitrogen and oxygen atoms in total. The summed E-state index contributed by atoms with van der Waals surface area (Å²) >= 11 is 0. The van der Waals surface area contributed by atoms with E-state index in [9.17, 15) is 14.9 Å². The number of hydrogen-bond acceptors (Lipinski definition) is 7. The Morgan fingerprint density at radius 1 is 1.12 bits per heavy atom. The number of nitrogens with zero attached hydrogens (tertiary/aromatic N) is 3. The maximum Gasteiger partial charge on any atom is 0.235 e. The average molecular weight is 454 g/mol. The molecule has 0 bridgehead atoms. The zero-order chi connectivity index (χ0) is 23.8. The fourth-order valence-electron chi connectivity index (χ4n) is 4.42. The minimum Gasteiger partial charge on any atom is -0.455 e. The third-order valence-corrected chi connectivity index (χ3v) is 6.31. The molecule has 1 fully saturated rings. The van der Waals surface area contributed by atoms with Crippen LogP contribution in [0.4, 0.5) is 5.88 Å². The lowest BCUT2D eigenvalue weighted by Crippen LogP contribution is -2.38. The summed E-state index contributed by atoms with van der Waals surface area (Å²) < 4.78 is 12.3. The molecule has 2 aromatic carbocycles. The third kappa shape index (κ3) is 3.61. The molecule has 2 aromatic heterocycles. The molecule has 0 aliphatic carbocycles. The van der Waals surface area contributed by atoms with Crippen molar-refractivity contribution in [1.29, 1.82) is 5.26 Å². The second-order valence-electron chi connectivity index (χ2n) is 8.38. The highest BCUT2D eigenvalue weighted by Crippen LogP contribution is 2.35. The number of amides is 1. The van der Waals surface area contributed by atoms with Gasteiger partial charge in [0.2, 0.25) is 23.4 Å².